The van der Waals surface area contributed by atoms with Crippen LogP contribution in [0.15, 0.2) is 0 Å². The molecule has 0 heterocycles. The highest BCUT2D eigenvalue weighted by atomic mass is 16.6. The van der Waals surface area contributed by atoms with Gasteiger partial charge in [-0.05, 0) is 0 Å². The Labute approximate surface area is 24.0 Å². The monoisotopic (exact) mass is 65.0 g/mol. The minimum Gasteiger partial charge on any atom is -0.450 e. The molecule has 0 rings (SSSR count). The molecule has 0 aliphatic rings. The largest absolute Gasteiger partial charge is 0.503 e. The summed E-state index contributed by atoms with van der Waals surface area (Å²) < 4.78 is 0. The molecular weight excluding hydrogens is 60.0 g/mol. The Morgan fingerprint density at radius 1 is 1.75 bits per heavy atom. The molecule has 0 radical (unpaired) electrons. The van der Waals surface area contributed by atoms with Crippen molar-refractivity contribution in [3.8, 4) is 0 Å². The van der Waals surface area contributed by atoms with Gasteiger partial charge in [-0.2, -0.15) is 0 Å². The Morgan fingerprint density at radius 3 is 1.75 bits per heavy atom. The molecule has 0 saturated heterocycles. The summed E-state index contributed by atoms with van der Waals surface area (Å²) in [5, 5.41) is 13.9. The van der Waals surface area contributed by atoms with Crippen molar-refractivity contribution in [2.24, 2.45) is 0 Å². The van der Waals surface area contributed by atoms with E-state index in [1.807, 2.05) is 0 Å². The minimum atomic E-state index is -1.83. The smallest absolute Gasteiger partial charge is 0.450 e. The summed E-state index contributed by atoms with van der Waals surface area (Å²) in [4.78, 5) is 8.56. The van der Waals surface area contributed by atoms with Crippen LogP contribution in [0.5, 0.6) is 0 Å². The number of rotatable bonds is 0. The summed E-state index contributed by atoms with van der Waals surface area (Å²) in [6.45, 7) is 0. The molecule has 0 fully saturated rings. The predicted molar refractivity (Wildman–Crippen MR) is 12.8 cm³/mol. The van der Waals surface area contributed by atoms with Crippen molar-refractivity contribution in [1.29, 1.82) is 0 Å². The highest BCUT2D eigenvalue weighted by molar-refractivity contribution is 5.53. The third-order valence-corrected chi connectivity index (χ3v) is 0. The van der Waals surface area contributed by atoms with E-state index in [1.54, 1.807) is 0 Å². The third kappa shape index (κ3) is 0.174. The second-order valence-electron chi connectivity index (χ2n) is 0.283. The summed E-state index contributed by atoms with van der Waals surface area (Å²) >= 11 is 0. The SMILES string of the molecule is O=C(O)O.[2HH]. The number of carbonyl (C=O) groups is 1. The topological polar surface area (TPSA) is 57.5 Å². The quantitative estimate of drug-likeness (QED) is 0.431. The van der Waals surface area contributed by atoms with Crippen LogP contribution >= 0.6 is 0 Å². The Kier molecular flexibility index (Phi) is 0.581. The van der Waals surface area contributed by atoms with E-state index in [4.69, 9.17) is 15.0 Å². The summed E-state index contributed by atoms with van der Waals surface area (Å²) in [6, 6.07) is 0. The molecule has 0 amide bonds. The first-order valence-electron chi connectivity index (χ1n) is 0.651. The number of hydrogen-bond acceptors (Lipinski definition) is 1. The second kappa shape index (κ2) is 0.711. The standard InChI is InChI=1S/CH2O3.H2/c2-1(3)4;/h(H2,2,3,4);1H/i;1+1. The molecule has 0 unspecified atom stereocenters. The summed E-state index contributed by atoms with van der Waals surface area (Å²) in [7, 11) is 0. The Bertz CT molecular complexity index is 29.9. The number of hydrogen-bond donors (Lipinski definition) is 2. The van der Waals surface area contributed by atoms with Crippen LogP contribution in [0, 0.1) is 0 Å². The zero-order chi connectivity index (χ0) is 3.58. The van der Waals surface area contributed by atoms with E-state index in [2.05, 4.69) is 0 Å². The maximum atomic E-state index is 8.56. The van der Waals surface area contributed by atoms with E-state index in [1.165, 1.54) is 0 Å². The molecule has 3 heteroatoms. The van der Waals surface area contributed by atoms with Gasteiger partial charge >= 0.3 is 6.16 Å². The first-order valence-corrected chi connectivity index (χ1v) is 0.651. The van der Waals surface area contributed by atoms with Crippen LogP contribution in [0.3, 0.4) is 0 Å². The van der Waals surface area contributed by atoms with Crippen molar-refractivity contribution in [3.63, 3.8) is 0 Å². The van der Waals surface area contributed by atoms with Gasteiger partial charge in [-0.15, -0.1) is 0 Å². The lowest BCUT2D eigenvalue weighted by Crippen LogP contribution is -1.81. The Morgan fingerprint density at radius 2 is 1.75 bits per heavy atom. The van der Waals surface area contributed by atoms with E-state index >= 15 is 0 Å². The van der Waals surface area contributed by atoms with E-state index in [9.17, 15) is 0 Å². The van der Waals surface area contributed by atoms with Crippen molar-refractivity contribution < 1.29 is 16.4 Å². The van der Waals surface area contributed by atoms with Gasteiger partial charge in [-0.3, -0.25) is 0 Å². The van der Waals surface area contributed by atoms with Crippen LogP contribution in [0.1, 0.15) is 1.43 Å². The molecule has 0 aromatic heterocycles. The lowest BCUT2D eigenvalue weighted by molar-refractivity contribution is 0.137. The molecule has 3 nitrogen and oxygen atoms in total. The van der Waals surface area contributed by atoms with E-state index < -0.39 is 6.16 Å². The molecule has 2 N–H and O–H groups in total. The fraction of sp³-hybridized carbons (Fsp3) is 0. The van der Waals surface area contributed by atoms with Gasteiger partial charge in [-0.1, -0.05) is 0 Å². The lowest BCUT2D eigenvalue weighted by atomic mass is 11.5. The van der Waals surface area contributed by atoms with E-state index in [-0.39, 0.29) is 1.43 Å². The fourth-order valence-corrected chi connectivity index (χ4v) is 0. The molecule has 0 saturated carbocycles. The molecule has 0 aliphatic carbocycles. The van der Waals surface area contributed by atoms with Crippen LogP contribution in [0.25, 0.3) is 0 Å². The Hall–Kier alpha value is -0.730. The first-order chi connectivity index (χ1) is 1.73. The van der Waals surface area contributed by atoms with Gasteiger partial charge in [0.25, 0.3) is 0 Å². The van der Waals surface area contributed by atoms with Gasteiger partial charge < -0.3 is 10.2 Å². The minimum absolute atomic E-state index is 0. The van der Waals surface area contributed by atoms with Crippen LogP contribution < -0.4 is 0 Å². The third-order valence-electron chi connectivity index (χ3n) is 0. The zero-order valence-electron chi connectivity index (χ0n) is 1.80. The molecule has 0 aromatic carbocycles. The molecule has 0 spiro atoms. The summed E-state index contributed by atoms with van der Waals surface area (Å²) in [5.41, 5.74) is 0. The van der Waals surface area contributed by atoms with Gasteiger partial charge in [0.1, 0.15) is 0 Å². The van der Waals surface area contributed by atoms with Crippen LogP contribution in [-0.2, 0) is 0 Å². The van der Waals surface area contributed by atoms with Crippen LogP contribution in [0.2, 0.25) is 0 Å². The first kappa shape index (κ1) is 3.27. The fourth-order valence-electron chi connectivity index (χ4n) is 0. The van der Waals surface area contributed by atoms with Crippen molar-refractivity contribution in [3.05, 3.63) is 0 Å². The van der Waals surface area contributed by atoms with Gasteiger partial charge in [0.05, 0.1) is 0 Å². The van der Waals surface area contributed by atoms with Crippen LogP contribution in [0.4, 0.5) is 4.79 Å². The maximum absolute atomic E-state index is 8.56. The molecular formula is CH4O3. The lowest BCUT2D eigenvalue weighted by Gasteiger charge is -1.60. The maximum Gasteiger partial charge on any atom is 0.503 e. The predicted octanol–water partition coefficient (Wildman–Crippen LogP) is 0.468. The van der Waals surface area contributed by atoms with Crippen molar-refractivity contribution in [2.75, 3.05) is 0 Å². The zero-order valence-corrected chi connectivity index (χ0v) is 1.80. The molecule has 26 valence electrons. The molecule has 0 bridgehead atoms. The Balaban J connectivity index is 0. The highest BCUT2D eigenvalue weighted by Crippen LogP contribution is 1.42. The van der Waals surface area contributed by atoms with Gasteiger partial charge in [-0.25, -0.2) is 4.79 Å². The molecule has 0 aliphatic heterocycles. The van der Waals surface area contributed by atoms with Crippen molar-refractivity contribution >= 4 is 6.16 Å². The average molecular weight is 65.0 g/mol. The molecule has 4 heavy (non-hydrogen) atoms. The van der Waals surface area contributed by atoms with Gasteiger partial charge in [0.15, 0.2) is 0 Å². The van der Waals surface area contributed by atoms with Gasteiger partial charge in [0, 0.05) is 1.43 Å². The van der Waals surface area contributed by atoms with Crippen LogP contribution in [-0.4, -0.2) is 16.4 Å². The normalized spacial score (nSPS) is 6.00. The second-order valence-corrected chi connectivity index (χ2v) is 0.283. The van der Waals surface area contributed by atoms with Gasteiger partial charge in [0.2, 0.25) is 0 Å². The van der Waals surface area contributed by atoms with E-state index in [0.717, 1.165) is 0 Å². The summed E-state index contributed by atoms with van der Waals surface area (Å²) in [5.74, 6) is 0. The highest BCUT2D eigenvalue weighted by Gasteiger charge is 1.70. The van der Waals surface area contributed by atoms with E-state index in [0.29, 0.717) is 0 Å². The molecule has 0 aromatic rings. The summed E-state index contributed by atoms with van der Waals surface area (Å²) in [6.07, 6.45) is -1.83. The average Bonchev–Trinajstić information content (AvgIpc) is 0.811. The van der Waals surface area contributed by atoms with Crippen molar-refractivity contribution in [2.45, 2.75) is 0 Å². The number of carboxylic acid groups (broad SMARTS) is 2. The van der Waals surface area contributed by atoms with Crippen molar-refractivity contribution in [1.82, 2.24) is 0 Å². The molecule has 0 atom stereocenters.